The van der Waals surface area contributed by atoms with Gasteiger partial charge in [-0.05, 0) is 36.4 Å². The largest absolute Gasteiger partial charge is 0.507 e. The van der Waals surface area contributed by atoms with Crippen molar-refractivity contribution in [1.82, 2.24) is 24.2 Å². The maximum absolute atomic E-state index is 12.8. The summed E-state index contributed by atoms with van der Waals surface area (Å²) in [7, 11) is -3.72. The van der Waals surface area contributed by atoms with Gasteiger partial charge in [0.25, 0.3) is 5.91 Å². The molecule has 2 aromatic heterocycles. The number of phenolic OH excluding ortho intramolecular Hbond substituents is 1. The molecule has 0 bridgehead atoms. The highest BCUT2D eigenvalue weighted by atomic mass is 35.5. The molecule has 0 atom stereocenters. The number of nitrogens with zero attached hydrogens (tertiary/aromatic N) is 5. The maximum atomic E-state index is 12.8. The summed E-state index contributed by atoms with van der Waals surface area (Å²) in [6, 6.07) is 7.98. The predicted molar refractivity (Wildman–Crippen MR) is 124 cm³/mol. The number of hydrogen-bond donors (Lipinski definition) is 1. The molecule has 11 heteroatoms. The summed E-state index contributed by atoms with van der Waals surface area (Å²) in [4.78, 5) is 26.8. The molecule has 3 heterocycles. The van der Waals surface area contributed by atoms with Crippen LogP contribution in [0.5, 0.6) is 5.75 Å². The number of aromatic nitrogens is 3. The van der Waals surface area contributed by atoms with Gasteiger partial charge in [-0.3, -0.25) is 9.78 Å². The lowest BCUT2D eigenvalue weighted by Crippen LogP contribution is -2.50. The molecule has 1 N–H and O–H groups in total. The Kier molecular flexibility index (Phi) is 6.68. The number of benzene rings is 1. The summed E-state index contributed by atoms with van der Waals surface area (Å²) in [6.07, 6.45) is 7.53. The molecule has 1 amide bonds. The Hall–Kier alpha value is -3.34. The van der Waals surface area contributed by atoms with Crippen molar-refractivity contribution < 1.29 is 18.3 Å². The summed E-state index contributed by atoms with van der Waals surface area (Å²) in [5.74, 6) is 0.125. The quantitative estimate of drug-likeness (QED) is 0.590. The van der Waals surface area contributed by atoms with E-state index in [4.69, 9.17) is 11.6 Å². The van der Waals surface area contributed by atoms with E-state index in [2.05, 4.69) is 15.0 Å². The molecule has 1 aromatic carbocycles. The SMILES string of the molecule is O=C(c1cnc(-c2ccncc2)nc1)N1CCN(S(=O)(=O)/C=C/c2ccc(Cl)cc2O)CC1. The number of amides is 1. The van der Waals surface area contributed by atoms with E-state index in [0.717, 1.165) is 11.0 Å². The fourth-order valence-electron chi connectivity index (χ4n) is 3.32. The zero-order chi connectivity index (χ0) is 23.4. The van der Waals surface area contributed by atoms with Crippen LogP contribution in [0.15, 0.2) is 60.5 Å². The first kappa shape index (κ1) is 22.8. The lowest BCUT2D eigenvalue weighted by molar-refractivity contribution is 0.0697. The zero-order valence-electron chi connectivity index (χ0n) is 17.4. The van der Waals surface area contributed by atoms with E-state index >= 15 is 0 Å². The molecule has 0 spiro atoms. The normalized spacial score (nSPS) is 15.1. The zero-order valence-corrected chi connectivity index (χ0v) is 18.9. The van der Waals surface area contributed by atoms with Crippen molar-refractivity contribution in [3.63, 3.8) is 0 Å². The summed E-state index contributed by atoms with van der Waals surface area (Å²) >= 11 is 5.80. The number of rotatable bonds is 5. The number of piperazine rings is 1. The third-order valence-electron chi connectivity index (χ3n) is 5.14. The molecule has 1 fully saturated rings. The van der Waals surface area contributed by atoms with Crippen molar-refractivity contribution >= 4 is 33.6 Å². The molecule has 1 saturated heterocycles. The van der Waals surface area contributed by atoms with Crippen LogP contribution in [0.2, 0.25) is 5.02 Å². The third kappa shape index (κ3) is 5.36. The minimum atomic E-state index is -3.72. The van der Waals surface area contributed by atoms with E-state index in [1.807, 2.05) is 0 Å². The van der Waals surface area contributed by atoms with Crippen molar-refractivity contribution in [3.05, 3.63) is 76.7 Å². The highest BCUT2D eigenvalue weighted by Gasteiger charge is 2.28. The van der Waals surface area contributed by atoms with Gasteiger partial charge < -0.3 is 10.0 Å². The monoisotopic (exact) mass is 485 g/mol. The summed E-state index contributed by atoms with van der Waals surface area (Å²) in [5.41, 5.74) is 1.47. The van der Waals surface area contributed by atoms with E-state index in [0.29, 0.717) is 22.0 Å². The minimum Gasteiger partial charge on any atom is -0.507 e. The highest BCUT2D eigenvalue weighted by Crippen LogP contribution is 2.24. The Morgan fingerprint density at radius 3 is 2.33 bits per heavy atom. The molecule has 4 rings (SSSR count). The van der Waals surface area contributed by atoms with Gasteiger partial charge in [0.1, 0.15) is 5.75 Å². The van der Waals surface area contributed by atoms with Gasteiger partial charge in [0, 0.05) is 72.5 Å². The number of phenols is 1. The van der Waals surface area contributed by atoms with Gasteiger partial charge in [-0.15, -0.1) is 0 Å². The molecule has 0 radical (unpaired) electrons. The van der Waals surface area contributed by atoms with Crippen LogP contribution in [0, 0.1) is 0 Å². The topological polar surface area (TPSA) is 117 Å². The first-order chi connectivity index (χ1) is 15.8. The van der Waals surface area contributed by atoms with Gasteiger partial charge in [-0.2, -0.15) is 4.31 Å². The summed E-state index contributed by atoms with van der Waals surface area (Å²) in [6.45, 7) is 0.788. The van der Waals surface area contributed by atoms with E-state index < -0.39 is 10.0 Å². The van der Waals surface area contributed by atoms with Gasteiger partial charge in [0.2, 0.25) is 10.0 Å². The average molecular weight is 486 g/mol. The Bertz CT molecular complexity index is 1280. The lowest BCUT2D eigenvalue weighted by atomic mass is 10.2. The van der Waals surface area contributed by atoms with E-state index in [9.17, 15) is 18.3 Å². The molecule has 9 nitrogen and oxygen atoms in total. The number of hydrogen-bond acceptors (Lipinski definition) is 7. The van der Waals surface area contributed by atoms with Crippen LogP contribution in [0.4, 0.5) is 0 Å². The van der Waals surface area contributed by atoms with Crippen molar-refractivity contribution in [3.8, 4) is 17.1 Å². The smallest absolute Gasteiger partial charge is 0.257 e. The molecule has 170 valence electrons. The molecule has 0 saturated carbocycles. The molecular formula is C22H20ClN5O4S. The fraction of sp³-hybridized carbons (Fsp3) is 0.182. The summed E-state index contributed by atoms with van der Waals surface area (Å²) in [5, 5.41) is 11.3. The second-order valence-electron chi connectivity index (χ2n) is 7.27. The standard InChI is InChI=1S/C22H20ClN5O4S/c23-19-2-1-16(20(29)13-19)5-12-33(31,32)28-10-8-27(9-11-28)22(30)18-14-25-21(26-15-18)17-3-6-24-7-4-17/h1-7,12-15,29H,8-11H2/b12-5+. The Morgan fingerprint density at radius 1 is 1.03 bits per heavy atom. The predicted octanol–water partition coefficient (Wildman–Crippen LogP) is 2.66. The molecule has 1 aliphatic rings. The summed E-state index contributed by atoms with van der Waals surface area (Å²) < 4.78 is 26.6. The molecule has 0 aliphatic carbocycles. The number of halogens is 1. The maximum Gasteiger partial charge on any atom is 0.257 e. The second-order valence-corrected chi connectivity index (χ2v) is 9.53. The van der Waals surface area contributed by atoms with Crippen molar-refractivity contribution in [2.45, 2.75) is 0 Å². The van der Waals surface area contributed by atoms with Crippen LogP contribution >= 0.6 is 11.6 Å². The molecular weight excluding hydrogens is 466 g/mol. The Morgan fingerprint density at radius 2 is 1.70 bits per heavy atom. The number of carbonyl (C=O) groups excluding carboxylic acids is 1. The number of carbonyl (C=O) groups is 1. The van der Waals surface area contributed by atoms with Gasteiger partial charge >= 0.3 is 0 Å². The third-order valence-corrected chi connectivity index (χ3v) is 6.94. The Balaban J connectivity index is 1.37. The van der Waals surface area contributed by atoms with Gasteiger partial charge in [0.05, 0.1) is 5.56 Å². The number of aromatic hydroxyl groups is 1. The van der Waals surface area contributed by atoms with Crippen LogP contribution in [0.3, 0.4) is 0 Å². The molecule has 0 unspecified atom stereocenters. The first-order valence-corrected chi connectivity index (χ1v) is 11.9. The van der Waals surface area contributed by atoms with Crippen LogP contribution in [-0.4, -0.2) is 69.8 Å². The van der Waals surface area contributed by atoms with Crippen LogP contribution in [0.25, 0.3) is 17.5 Å². The lowest BCUT2D eigenvalue weighted by Gasteiger charge is -2.33. The van der Waals surface area contributed by atoms with Gasteiger partial charge in [-0.1, -0.05) is 11.6 Å². The molecule has 33 heavy (non-hydrogen) atoms. The first-order valence-electron chi connectivity index (χ1n) is 10.0. The number of pyridine rings is 1. The molecule has 1 aliphatic heterocycles. The van der Waals surface area contributed by atoms with E-state index in [-0.39, 0.29) is 37.8 Å². The number of sulfonamides is 1. The highest BCUT2D eigenvalue weighted by molar-refractivity contribution is 7.92. The van der Waals surface area contributed by atoms with Gasteiger partial charge in [0.15, 0.2) is 5.82 Å². The fourth-order valence-corrected chi connectivity index (χ4v) is 4.65. The average Bonchev–Trinajstić information content (AvgIpc) is 2.84. The van der Waals surface area contributed by atoms with Crippen LogP contribution < -0.4 is 0 Å². The Labute approximate surface area is 196 Å². The second kappa shape index (κ2) is 9.65. The van der Waals surface area contributed by atoms with Gasteiger partial charge in [-0.25, -0.2) is 18.4 Å². The van der Waals surface area contributed by atoms with E-state index in [1.165, 1.54) is 34.9 Å². The van der Waals surface area contributed by atoms with Crippen LogP contribution in [-0.2, 0) is 10.0 Å². The van der Waals surface area contributed by atoms with Crippen LogP contribution in [0.1, 0.15) is 15.9 Å². The molecule has 3 aromatic rings. The van der Waals surface area contributed by atoms with Crippen molar-refractivity contribution in [2.24, 2.45) is 0 Å². The van der Waals surface area contributed by atoms with Crippen molar-refractivity contribution in [2.75, 3.05) is 26.2 Å². The van der Waals surface area contributed by atoms with E-state index in [1.54, 1.807) is 35.5 Å². The minimum absolute atomic E-state index is 0.110. The van der Waals surface area contributed by atoms with Crippen molar-refractivity contribution in [1.29, 1.82) is 0 Å².